The van der Waals surface area contributed by atoms with E-state index in [0.29, 0.717) is 11.3 Å². The molecule has 176 valence electrons. The van der Waals surface area contributed by atoms with Crippen LogP contribution in [0.5, 0.6) is 5.75 Å². The molecule has 1 amide bonds. The molecule has 0 spiro atoms. The number of carbonyl (C=O) groups excluding carboxylic acids is 1. The second kappa shape index (κ2) is 9.66. The van der Waals surface area contributed by atoms with Crippen LogP contribution in [0.25, 0.3) is 11.1 Å². The van der Waals surface area contributed by atoms with Gasteiger partial charge in [0.25, 0.3) is 5.91 Å². The fourth-order valence-electron chi connectivity index (χ4n) is 3.95. The smallest absolute Gasteiger partial charge is 0.253 e. The van der Waals surface area contributed by atoms with Gasteiger partial charge in [-0.2, -0.15) is 4.31 Å². The van der Waals surface area contributed by atoms with Gasteiger partial charge in [-0.05, 0) is 53.4 Å². The van der Waals surface area contributed by atoms with E-state index in [9.17, 15) is 18.3 Å². The molecule has 1 N–H and O–H groups in total. The number of hydrogen-bond acceptors (Lipinski definition) is 6. The van der Waals surface area contributed by atoms with Crippen molar-refractivity contribution in [3.05, 3.63) is 84.4 Å². The predicted octanol–water partition coefficient (Wildman–Crippen LogP) is 2.22. The molecule has 9 heteroatoms. The van der Waals surface area contributed by atoms with Crippen LogP contribution in [-0.2, 0) is 10.0 Å². The molecule has 1 atom stereocenters. The number of benzene rings is 3. The molecular weight excluding hydrogens is 454 g/mol. The van der Waals surface area contributed by atoms with Crippen molar-refractivity contribution in [3.8, 4) is 16.9 Å². The lowest BCUT2D eigenvalue weighted by atomic mass is 10.0. The summed E-state index contributed by atoms with van der Waals surface area (Å²) in [6.07, 6.45) is 0. The summed E-state index contributed by atoms with van der Waals surface area (Å²) < 4.78 is 32.4. The van der Waals surface area contributed by atoms with Crippen molar-refractivity contribution in [2.45, 2.75) is 10.9 Å². The lowest BCUT2D eigenvalue weighted by Gasteiger charge is -2.42. The minimum absolute atomic E-state index is 0.00386. The molecule has 0 bridgehead atoms. The molecule has 0 aromatic heterocycles. The standard InChI is InChI=1S/C25H25N3O5S/c1-33-21-11-13-22(14-12-21)34(31,32)28-16-15-27(17-23(28)24(26)29)25(30)20-9-7-19(8-10-20)18-5-3-2-4-6-18/h2-14,23H,15-17H2,1H3,(H2,26,29)/p-1. The van der Waals surface area contributed by atoms with Crippen LogP contribution in [-0.4, -0.2) is 62.2 Å². The zero-order valence-corrected chi connectivity index (χ0v) is 19.4. The molecule has 1 aliphatic heterocycles. The van der Waals surface area contributed by atoms with Crippen LogP contribution < -0.4 is 9.84 Å². The minimum atomic E-state index is -4.03. The Kier molecular flexibility index (Phi) is 6.67. The van der Waals surface area contributed by atoms with E-state index in [2.05, 4.69) is 0 Å². The fraction of sp³-hybridized carbons (Fsp3) is 0.200. The number of rotatable bonds is 6. The summed E-state index contributed by atoms with van der Waals surface area (Å²) in [5.74, 6) is -0.873. The van der Waals surface area contributed by atoms with Crippen molar-refractivity contribution >= 4 is 21.8 Å². The molecule has 4 rings (SSSR count). The highest BCUT2D eigenvalue weighted by Crippen LogP contribution is 2.25. The van der Waals surface area contributed by atoms with E-state index in [-0.39, 0.29) is 30.4 Å². The zero-order chi connectivity index (χ0) is 24.3. The first-order valence-corrected chi connectivity index (χ1v) is 12.1. The minimum Gasteiger partial charge on any atom is -0.861 e. The van der Waals surface area contributed by atoms with Gasteiger partial charge in [0.05, 0.1) is 18.0 Å². The Labute approximate surface area is 198 Å². The molecule has 34 heavy (non-hydrogen) atoms. The van der Waals surface area contributed by atoms with E-state index < -0.39 is 22.0 Å². The lowest BCUT2D eigenvalue weighted by molar-refractivity contribution is -0.226. The maximum absolute atomic E-state index is 13.2. The van der Waals surface area contributed by atoms with Crippen molar-refractivity contribution in [1.29, 1.82) is 5.41 Å². The van der Waals surface area contributed by atoms with Gasteiger partial charge in [0.15, 0.2) is 0 Å². The first kappa shape index (κ1) is 23.5. The Bertz CT molecular complexity index is 1280. The SMILES string of the molecule is COc1ccc(S(=O)(=O)N2CCN(C(=O)c3ccc(-c4ccccc4)cc3)CC2C(=N)[O-])cc1. The molecule has 0 radical (unpaired) electrons. The van der Waals surface area contributed by atoms with Crippen LogP contribution in [0.2, 0.25) is 0 Å². The zero-order valence-electron chi connectivity index (χ0n) is 18.5. The maximum atomic E-state index is 13.2. The first-order valence-electron chi connectivity index (χ1n) is 10.7. The maximum Gasteiger partial charge on any atom is 0.253 e. The number of piperazine rings is 1. The number of methoxy groups -OCH3 is 1. The highest BCUT2D eigenvalue weighted by Gasteiger charge is 2.37. The summed E-state index contributed by atoms with van der Waals surface area (Å²) in [7, 11) is -2.56. The van der Waals surface area contributed by atoms with Crippen molar-refractivity contribution in [2.24, 2.45) is 0 Å². The van der Waals surface area contributed by atoms with Crippen LogP contribution in [0.1, 0.15) is 10.4 Å². The molecule has 8 nitrogen and oxygen atoms in total. The summed E-state index contributed by atoms with van der Waals surface area (Å²) >= 11 is 0. The largest absolute Gasteiger partial charge is 0.861 e. The Morgan fingerprint density at radius 1 is 0.941 bits per heavy atom. The van der Waals surface area contributed by atoms with Gasteiger partial charge < -0.3 is 20.2 Å². The lowest BCUT2D eigenvalue weighted by Crippen LogP contribution is -2.61. The predicted molar refractivity (Wildman–Crippen MR) is 126 cm³/mol. The van der Waals surface area contributed by atoms with Gasteiger partial charge in [-0.3, -0.25) is 4.79 Å². The van der Waals surface area contributed by atoms with Gasteiger partial charge >= 0.3 is 0 Å². The Morgan fingerprint density at radius 2 is 1.56 bits per heavy atom. The Balaban J connectivity index is 1.52. The fourth-order valence-corrected chi connectivity index (χ4v) is 5.52. The number of sulfonamides is 1. The number of hydrogen-bond donors (Lipinski definition) is 1. The van der Waals surface area contributed by atoms with E-state index >= 15 is 0 Å². The molecule has 1 unspecified atom stereocenters. The van der Waals surface area contributed by atoms with Gasteiger partial charge in [0.1, 0.15) is 5.75 Å². The van der Waals surface area contributed by atoms with E-state index in [1.165, 1.54) is 36.3 Å². The second-order valence-electron chi connectivity index (χ2n) is 7.87. The highest BCUT2D eigenvalue weighted by molar-refractivity contribution is 7.89. The van der Waals surface area contributed by atoms with E-state index in [0.717, 1.165) is 15.4 Å². The molecule has 1 heterocycles. The van der Waals surface area contributed by atoms with Crippen molar-refractivity contribution in [2.75, 3.05) is 26.7 Å². The molecule has 0 saturated carbocycles. The van der Waals surface area contributed by atoms with Crippen LogP contribution in [0, 0.1) is 5.41 Å². The molecule has 1 fully saturated rings. The number of amides is 1. The number of carbonyl (C=O) groups is 1. The summed E-state index contributed by atoms with van der Waals surface area (Å²) in [5, 5.41) is 19.8. The van der Waals surface area contributed by atoms with Crippen molar-refractivity contribution in [1.82, 2.24) is 9.21 Å². The van der Waals surface area contributed by atoms with Crippen LogP contribution in [0.15, 0.2) is 83.8 Å². The summed E-state index contributed by atoms with van der Waals surface area (Å²) in [5.41, 5.74) is 2.42. The third kappa shape index (κ3) is 4.66. The average Bonchev–Trinajstić information content (AvgIpc) is 2.88. The van der Waals surface area contributed by atoms with Gasteiger partial charge in [0.2, 0.25) is 10.0 Å². The van der Waals surface area contributed by atoms with Crippen LogP contribution in [0.3, 0.4) is 0 Å². The third-order valence-electron chi connectivity index (χ3n) is 5.83. The molecule has 0 aliphatic carbocycles. The van der Waals surface area contributed by atoms with Gasteiger partial charge in [-0.1, -0.05) is 42.5 Å². The van der Waals surface area contributed by atoms with E-state index in [1.807, 2.05) is 42.5 Å². The molecule has 1 aliphatic rings. The second-order valence-corrected chi connectivity index (χ2v) is 9.76. The topological polar surface area (TPSA) is 114 Å². The molecule has 3 aromatic carbocycles. The van der Waals surface area contributed by atoms with E-state index in [4.69, 9.17) is 10.1 Å². The molecular formula is C25H24N3O5S-. The van der Waals surface area contributed by atoms with Gasteiger partial charge in [-0.15, -0.1) is 0 Å². The van der Waals surface area contributed by atoms with Gasteiger partial charge in [0, 0.05) is 25.2 Å². The highest BCUT2D eigenvalue weighted by atomic mass is 32.2. The van der Waals surface area contributed by atoms with Crippen molar-refractivity contribution in [3.63, 3.8) is 0 Å². The van der Waals surface area contributed by atoms with Crippen molar-refractivity contribution < 1.29 is 23.1 Å². The molecule has 3 aromatic rings. The number of nitrogens with zero attached hydrogens (tertiary/aromatic N) is 2. The third-order valence-corrected chi connectivity index (χ3v) is 7.75. The van der Waals surface area contributed by atoms with Gasteiger partial charge in [-0.25, -0.2) is 8.42 Å². The summed E-state index contributed by atoms with van der Waals surface area (Å²) in [6, 6.07) is 21.4. The van der Waals surface area contributed by atoms with Crippen LogP contribution >= 0.6 is 0 Å². The first-order chi connectivity index (χ1) is 16.3. The average molecular weight is 479 g/mol. The normalized spacial score (nSPS) is 16.7. The molecule has 1 saturated heterocycles. The number of ether oxygens (including phenoxy) is 1. The van der Waals surface area contributed by atoms with Crippen LogP contribution in [0.4, 0.5) is 0 Å². The number of nitrogens with one attached hydrogen (secondary N) is 1. The Morgan fingerprint density at radius 3 is 2.15 bits per heavy atom. The monoisotopic (exact) mass is 478 g/mol. The van der Waals surface area contributed by atoms with E-state index in [1.54, 1.807) is 12.1 Å². The summed E-state index contributed by atoms with van der Waals surface area (Å²) in [6.45, 7) is -0.160. The summed E-state index contributed by atoms with van der Waals surface area (Å²) in [4.78, 5) is 14.5. The quantitative estimate of drug-likeness (QED) is 0.431. The Hall–Kier alpha value is -3.69.